The van der Waals surface area contributed by atoms with Gasteiger partial charge >= 0.3 is 0 Å². The first kappa shape index (κ1) is 15.6. The molecular weight excluding hydrogens is 338 g/mol. The van der Waals surface area contributed by atoms with E-state index in [9.17, 15) is 0 Å². The van der Waals surface area contributed by atoms with E-state index in [4.69, 9.17) is 8.94 Å². The van der Waals surface area contributed by atoms with Gasteiger partial charge in [-0.25, -0.2) is 0 Å². The molecule has 0 saturated carbocycles. The summed E-state index contributed by atoms with van der Waals surface area (Å²) >= 11 is 1.50. The van der Waals surface area contributed by atoms with Gasteiger partial charge in [-0.3, -0.25) is 0 Å². The van der Waals surface area contributed by atoms with Gasteiger partial charge in [0.25, 0.3) is 0 Å². The molecule has 0 bridgehead atoms. The lowest BCUT2D eigenvalue weighted by molar-refractivity contribution is 0.413. The number of benzene rings is 1. The maximum absolute atomic E-state index is 5.31. The molecule has 3 heterocycles. The van der Waals surface area contributed by atoms with Crippen LogP contribution in [0.4, 0.5) is 0 Å². The van der Waals surface area contributed by atoms with Gasteiger partial charge in [0.15, 0.2) is 5.76 Å². The van der Waals surface area contributed by atoms with Crippen LogP contribution in [0.5, 0.6) is 0 Å². The summed E-state index contributed by atoms with van der Waals surface area (Å²) in [7, 11) is 0. The lowest BCUT2D eigenvalue weighted by atomic mass is 10.1. The second kappa shape index (κ2) is 6.56. The SMILES string of the molecule is Cc1ccc(-n2nnnc2SCc2cc(-c3ccco3)on2)c(C)c1. The van der Waals surface area contributed by atoms with Crippen LogP contribution < -0.4 is 0 Å². The number of furan rings is 1. The molecule has 1 aromatic carbocycles. The van der Waals surface area contributed by atoms with Crippen molar-refractivity contribution in [3.8, 4) is 17.2 Å². The molecule has 0 N–H and O–H groups in total. The minimum atomic E-state index is 0.593. The number of aryl methyl sites for hydroxylation is 2. The van der Waals surface area contributed by atoms with Crippen molar-refractivity contribution in [3.05, 3.63) is 59.5 Å². The molecule has 0 aliphatic carbocycles. The predicted octanol–water partition coefficient (Wildman–Crippen LogP) is 3.82. The quantitative estimate of drug-likeness (QED) is 0.504. The smallest absolute Gasteiger partial charge is 0.214 e. The zero-order chi connectivity index (χ0) is 17.2. The normalized spacial score (nSPS) is 11.1. The molecule has 0 aliphatic rings. The van der Waals surface area contributed by atoms with Crippen molar-refractivity contribution < 1.29 is 8.94 Å². The average Bonchev–Trinajstić information content (AvgIpc) is 3.34. The second-order valence-corrected chi connectivity index (χ2v) is 6.55. The van der Waals surface area contributed by atoms with Crippen molar-refractivity contribution in [2.45, 2.75) is 24.8 Å². The van der Waals surface area contributed by atoms with E-state index in [-0.39, 0.29) is 0 Å². The Kier molecular flexibility index (Phi) is 4.10. The van der Waals surface area contributed by atoms with Crippen LogP contribution in [0.15, 0.2) is 56.8 Å². The molecule has 8 heteroatoms. The van der Waals surface area contributed by atoms with Gasteiger partial charge in [-0.2, -0.15) is 4.68 Å². The molecule has 126 valence electrons. The van der Waals surface area contributed by atoms with Crippen LogP contribution in [0.1, 0.15) is 16.8 Å². The van der Waals surface area contributed by atoms with Crippen molar-refractivity contribution >= 4 is 11.8 Å². The Morgan fingerprint density at radius 1 is 1.12 bits per heavy atom. The zero-order valence-corrected chi connectivity index (χ0v) is 14.5. The number of nitrogens with zero attached hydrogens (tertiary/aromatic N) is 5. The number of hydrogen-bond acceptors (Lipinski definition) is 7. The van der Waals surface area contributed by atoms with Gasteiger partial charge in [0.1, 0.15) is 0 Å². The Bertz CT molecular complexity index is 990. The Hall–Kier alpha value is -2.87. The summed E-state index contributed by atoms with van der Waals surface area (Å²) in [5.74, 6) is 1.86. The molecule has 0 amide bonds. The maximum atomic E-state index is 5.31. The number of thioether (sulfide) groups is 1. The molecular formula is C17H15N5O2S. The minimum Gasteiger partial charge on any atom is -0.461 e. The lowest BCUT2D eigenvalue weighted by Crippen LogP contribution is -2.01. The van der Waals surface area contributed by atoms with Gasteiger partial charge in [0.2, 0.25) is 10.9 Å². The van der Waals surface area contributed by atoms with Gasteiger partial charge in [-0.15, -0.1) is 5.10 Å². The van der Waals surface area contributed by atoms with Crippen LogP contribution in [0.2, 0.25) is 0 Å². The molecule has 0 radical (unpaired) electrons. The van der Waals surface area contributed by atoms with Gasteiger partial charge in [0.05, 0.1) is 17.6 Å². The van der Waals surface area contributed by atoms with Crippen LogP contribution >= 0.6 is 11.8 Å². The molecule has 0 atom stereocenters. The van der Waals surface area contributed by atoms with E-state index < -0.39 is 0 Å². The van der Waals surface area contributed by atoms with Crippen LogP contribution in [0.3, 0.4) is 0 Å². The largest absolute Gasteiger partial charge is 0.461 e. The van der Waals surface area contributed by atoms with Crippen molar-refractivity contribution in [1.29, 1.82) is 0 Å². The van der Waals surface area contributed by atoms with Crippen molar-refractivity contribution in [2.75, 3.05) is 0 Å². The monoisotopic (exact) mass is 353 g/mol. The van der Waals surface area contributed by atoms with E-state index in [1.54, 1.807) is 10.9 Å². The van der Waals surface area contributed by atoms with E-state index >= 15 is 0 Å². The molecule has 0 unspecified atom stereocenters. The van der Waals surface area contributed by atoms with Crippen molar-refractivity contribution in [1.82, 2.24) is 25.4 Å². The molecule has 4 aromatic rings. The first-order valence-corrected chi connectivity index (χ1v) is 8.67. The fourth-order valence-corrected chi connectivity index (χ4v) is 3.28. The van der Waals surface area contributed by atoms with Crippen molar-refractivity contribution in [3.63, 3.8) is 0 Å². The number of tetrazole rings is 1. The molecule has 3 aromatic heterocycles. The fourth-order valence-electron chi connectivity index (χ4n) is 2.52. The molecule has 0 saturated heterocycles. The molecule has 25 heavy (non-hydrogen) atoms. The summed E-state index contributed by atoms with van der Waals surface area (Å²) in [6, 6.07) is 11.7. The Morgan fingerprint density at radius 2 is 2.04 bits per heavy atom. The molecule has 0 aliphatic heterocycles. The summed E-state index contributed by atoms with van der Waals surface area (Å²) in [6.07, 6.45) is 1.60. The highest BCUT2D eigenvalue weighted by molar-refractivity contribution is 7.98. The summed E-state index contributed by atoms with van der Waals surface area (Å²) in [4.78, 5) is 0. The zero-order valence-electron chi connectivity index (χ0n) is 13.7. The van der Waals surface area contributed by atoms with E-state index in [1.165, 1.54) is 17.3 Å². The number of rotatable bonds is 5. The highest BCUT2D eigenvalue weighted by Crippen LogP contribution is 2.26. The number of hydrogen-bond donors (Lipinski definition) is 0. The highest BCUT2D eigenvalue weighted by atomic mass is 32.2. The summed E-state index contributed by atoms with van der Waals surface area (Å²) < 4.78 is 12.4. The lowest BCUT2D eigenvalue weighted by Gasteiger charge is -2.07. The standard InChI is InChI=1S/C17H15N5O2S/c1-11-5-6-14(12(2)8-11)22-17(18-20-21-22)25-10-13-9-16(24-19-13)15-4-3-7-23-15/h3-9H,10H2,1-2H3. The van der Waals surface area contributed by atoms with Crippen LogP contribution in [0.25, 0.3) is 17.2 Å². The first-order chi connectivity index (χ1) is 12.2. The van der Waals surface area contributed by atoms with Gasteiger partial charge in [0, 0.05) is 11.8 Å². The van der Waals surface area contributed by atoms with Crippen LogP contribution in [-0.4, -0.2) is 25.4 Å². The van der Waals surface area contributed by atoms with Crippen molar-refractivity contribution in [2.24, 2.45) is 0 Å². The van der Waals surface area contributed by atoms with Crippen LogP contribution in [0, 0.1) is 13.8 Å². The molecule has 0 spiro atoms. The second-order valence-electron chi connectivity index (χ2n) is 5.61. The van der Waals surface area contributed by atoms with E-state index in [1.807, 2.05) is 37.3 Å². The third kappa shape index (κ3) is 3.20. The summed E-state index contributed by atoms with van der Waals surface area (Å²) in [5.41, 5.74) is 4.09. The van der Waals surface area contributed by atoms with E-state index in [0.29, 0.717) is 22.4 Å². The maximum Gasteiger partial charge on any atom is 0.214 e. The van der Waals surface area contributed by atoms with E-state index in [0.717, 1.165) is 16.9 Å². The number of aromatic nitrogens is 5. The van der Waals surface area contributed by atoms with Gasteiger partial charge in [-0.1, -0.05) is 34.6 Å². The van der Waals surface area contributed by atoms with Crippen LogP contribution in [-0.2, 0) is 5.75 Å². The summed E-state index contributed by atoms with van der Waals surface area (Å²) in [5, 5.41) is 16.8. The fraction of sp³-hybridized carbons (Fsp3) is 0.176. The minimum absolute atomic E-state index is 0.593. The van der Waals surface area contributed by atoms with E-state index in [2.05, 4.69) is 33.7 Å². The topological polar surface area (TPSA) is 82.8 Å². The highest BCUT2D eigenvalue weighted by Gasteiger charge is 2.14. The summed E-state index contributed by atoms with van der Waals surface area (Å²) in [6.45, 7) is 4.11. The third-order valence-electron chi connectivity index (χ3n) is 3.69. The van der Waals surface area contributed by atoms with Gasteiger partial charge in [-0.05, 0) is 48.0 Å². The predicted molar refractivity (Wildman–Crippen MR) is 92.4 cm³/mol. The Labute approximate surface area is 148 Å². The Morgan fingerprint density at radius 3 is 2.84 bits per heavy atom. The average molecular weight is 353 g/mol. The molecule has 7 nitrogen and oxygen atoms in total. The third-order valence-corrected chi connectivity index (χ3v) is 4.65. The molecule has 4 rings (SSSR count). The first-order valence-electron chi connectivity index (χ1n) is 7.69. The Balaban J connectivity index is 1.52. The molecule has 0 fully saturated rings. The van der Waals surface area contributed by atoms with Gasteiger partial charge < -0.3 is 8.94 Å².